The summed E-state index contributed by atoms with van der Waals surface area (Å²) in [6.07, 6.45) is 13.1. The lowest BCUT2D eigenvalue weighted by atomic mass is 10.1. The lowest BCUT2D eigenvalue weighted by molar-refractivity contribution is 0.111. The van der Waals surface area contributed by atoms with E-state index >= 15 is 0 Å². The summed E-state index contributed by atoms with van der Waals surface area (Å²) in [5.74, 6) is 0. The van der Waals surface area contributed by atoms with Gasteiger partial charge in [0.25, 0.3) is 0 Å². The van der Waals surface area contributed by atoms with Gasteiger partial charge in [-0.3, -0.25) is 58.3 Å². The van der Waals surface area contributed by atoms with Gasteiger partial charge in [0.1, 0.15) is 57.0 Å². The van der Waals surface area contributed by atoms with Crippen molar-refractivity contribution < 1.29 is 38.4 Å². The highest BCUT2D eigenvalue weighted by atomic mass is 16.1. The van der Waals surface area contributed by atoms with Crippen molar-refractivity contribution in [2.45, 2.75) is 14.9 Å². The summed E-state index contributed by atoms with van der Waals surface area (Å²) in [4.78, 5) is 100.0. The topological polar surface area (TPSA) is 290 Å². The van der Waals surface area contributed by atoms with E-state index in [1.807, 2.05) is 72.8 Å². The van der Waals surface area contributed by atoms with Gasteiger partial charge >= 0.3 is 0 Å². The first kappa shape index (κ1) is 67.3. The van der Waals surface area contributed by atoms with Gasteiger partial charge in [-0.1, -0.05) is 160 Å². The van der Waals surface area contributed by atoms with Gasteiger partial charge in [0, 0.05) is 87.4 Å². The first-order chi connectivity index (χ1) is 38.0. The van der Waals surface area contributed by atoms with Crippen molar-refractivity contribution in [2.24, 2.45) is 31.4 Å². The molecule has 0 saturated heterocycles. The Hall–Kier alpha value is -10.7. The fraction of sp³-hybridized carbons (Fsp3) is 0.0625. The van der Waals surface area contributed by atoms with Crippen LogP contribution in [-0.2, 0) is 0 Å². The summed E-state index contributed by atoms with van der Waals surface area (Å²) < 4.78 is 0. The zero-order valence-corrected chi connectivity index (χ0v) is 42.2. The summed E-state index contributed by atoms with van der Waals surface area (Å²) in [6, 6.07) is 56.2. The molecule has 0 aliphatic heterocycles. The van der Waals surface area contributed by atoms with Crippen LogP contribution in [0.4, 0.5) is 22.7 Å². The third kappa shape index (κ3) is 27.7. The number of hydrogen-bond acceptors (Lipinski definition) is 16. The monoisotopic (exact) mass is 1070 g/mol. The molecule has 80 heavy (non-hydrogen) atoms. The molecule has 16 nitrogen and oxygen atoms in total. The molecule has 0 heterocycles. The Balaban J connectivity index is 0.000000526. The minimum absolute atomic E-state index is 0. The second-order valence-electron chi connectivity index (χ2n) is 15.6. The Morgan fingerprint density at radius 1 is 0.263 bits per heavy atom. The van der Waals surface area contributed by atoms with Crippen molar-refractivity contribution in [3.8, 4) is 0 Å². The number of rotatable bonds is 16. The molecule has 0 unspecified atom stereocenters. The molecule has 8 aromatic rings. The number of anilines is 2. The average molecular weight is 1070 g/mol. The Labute approximate surface area is 466 Å². The lowest BCUT2D eigenvalue weighted by Gasteiger charge is -1.97. The van der Waals surface area contributed by atoms with Crippen LogP contribution in [0.25, 0.3) is 0 Å². The van der Waals surface area contributed by atoms with E-state index in [-0.39, 0.29) is 21.5 Å². The summed E-state index contributed by atoms with van der Waals surface area (Å²) in [5, 5.41) is 0. The first-order valence-electron chi connectivity index (χ1n) is 23.4. The van der Waals surface area contributed by atoms with Crippen LogP contribution in [0.2, 0.25) is 0 Å². The van der Waals surface area contributed by atoms with Gasteiger partial charge in [-0.05, 0) is 70.8 Å². The van der Waals surface area contributed by atoms with E-state index in [1.54, 1.807) is 146 Å². The normalized spacial score (nSPS) is 9.82. The van der Waals surface area contributed by atoms with Crippen LogP contribution in [0.3, 0.4) is 0 Å². The number of carbonyl (C=O) groups excluding carboxylic acids is 8. The first-order valence-corrected chi connectivity index (χ1v) is 23.4. The molecule has 0 saturated carbocycles. The van der Waals surface area contributed by atoms with Gasteiger partial charge in [-0.2, -0.15) is 0 Å². The van der Waals surface area contributed by atoms with E-state index in [0.717, 1.165) is 95.3 Å². The molecular weight excluding hydrogens is 1010 g/mol. The number of nitrogens with two attached hydrogens (primary N) is 4. The Kier molecular flexibility index (Phi) is 34.2. The zero-order chi connectivity index (χ0) is 56.6. The van der Waals surface area contributed by atoms with Crippen molar-refractivity contribution >= 4 is 97.9 Å². The quantitative estimate of drug-likeness (QED) is 0.0304. The van der Waals surface area contributed by atoms with E-state index in [4.69, 9.17) is 11.5 Å². The second-order valence-corrected chi connectivity index (χ2v) is 15.6. The zero-order valence-electron chi connectivity index (χ0n) is 42.2. The Morgan fingerprint density at radius 2 is 0.425 bits per heavy atom. The van der Waals surface area contributed by atoms with Gasteiger partial charge in [0.15, 0.2) is 0 Å². The Bertz CT molecular complexity index is 2930. The molecule has 0 aliphatic carbocycles. The number of aldehydes is 8. The van der Waals surface area contributed by atoms with Crippen molar-refractivity contribution in [1.29, 1.82) is 0 Å². The van der Waals surface area contributed by atoms with Crippen LogP contribution >= 0.6 is 0 Å². The highest BCUT2D eigenvalue weighted by Gasteiger charge is 1.96. The van der Waals surface area contributed by atoms with Crippen LogP contribution in [0.1, 0.15) is 120 Å². The molecule has 0 radical (unpaired) electrons. The van der Waals surface area contributed by atoms with E-state index in [9.17, 15) is 38.4 Å². The Morgan fingerprint density at radius 3 is 0.600 bits per heavy atom. The molecule has 408 valence electrons. The summed E-state index contributed by atoms with van der Waals surface area (Å²) in [5.41, 5.74) is 31.8. The maximum Gasteiger partial charge on any atom is 0.150 e. The number of benzene rings is 8. The van der Waals surface area contributed by atoms with E-state index < -0.39 is 0 Å². The fourth-order valence-corrected chi connectivity index (χ4v) is 5.71. The number of hydrogen-bond donors (Lipinski definition) is 4. The number of nitrogen functional groups attached to an aromatic ring is 2. The highest BCUT2D eigenvalue weighted by molar-refractivity contribution is 5.87. The van der Waals surface area contributed by atoms with Gasteiger partial charge < -0.3 is 22.9 Å². The summed E-state index contributed by atoms with van der Waals surface area (Å²) in [7, 11) is 0. The average Bonchev–Trinajstić information content (AvgIpc) is 3.50. The molecule has 0 fully saturated rings. The smallest absolute Gasteiger partial charge is 0.150 e. The second kappa shape index (κ2) is 40.6. The van der Waals surface area contributed by atoms with Crippen molar-refractivity contribution in [3.05, 3.63) is 261 Å². The molecule has 0 aromatic heterocycles. The fourth-order valence-electron chi connectivity index (χ4n) is 5.71. The lowest BCUT2D eigenvalue weighted by Crippen LogP contribution is -2.08. The van der Waals surface area contributed by atoms with Crippen molar-refractivity contribution in [2.75, 3.05) is 24.8 Å². The third-order valence-electron chi connectivity index (χ3n) is 9.86. The molecule has 0 atom stereocenters. The molecular formula is C64H64N8O8. The van der Waals surface area contributed by atoms with Crippen molar-refractivity contribution in [1.82, 2.24) is 0 Å². The van der Waals surface area contributed by atoms with Crippen LogP contribution in [0.5, 0.6) is 0 Å². The van der Waals surface area contributed by atoms with Gasteiger partial charge in [-0.25, -0.2) is 0 Å². The molecule has 8 rings (SSSR count). The maximum absolute atomic E-state index is 10.6. The van der Waals surface area contributed by atoms with Gasteiger partial charge in [0.05, 0.1) is 11.4 Å². The van der Waals surface area contributed by atoms with Crippen LogP contribution in [0, 0.1) is 0 Å². The highest BCUT2D eigenvalue weighted by Crippen LogP contribution is 2.19. The minimum Gasteiger partial charge on any atom is -0.399 e. The molecule has 0 amide bonds. The minimum atomic E-state index is 0. The maximum atomic E-state index is 10.6. The standard InChI is InChI=1S/C22H16N2O2.C17H14N2O2.2C8H6O2.C6H8N2.CH6N2.2CH4/c25-15-19-5-1-17(2-6-19)13-23-21-9-11-22(12-10-21)24-14-18-3-7-20(16-26)8-4-18;20-11-16-5-1-14(2-6-16)9-18-13-19-10-15-3-7-17(12-21)8-4-15;2*9-5-7-1-2-8(6-10)4-3-7;7-5-1-2-6(8)4-3-5;2-1-3;;/h1-16H;1-12H,13H2;2*1-6H;1-4H,7-8H2;1-3H2;2*1H4. The predicted molar refractivity (Wildman–Crippen MR) is 325 cm³/mol. The van der Waals surface area contributed by atoms with E-state index in [1.165, 1.54) is 0 Å². The molecule has 0 bridgehead atoms. The van der Waals surface area contributed by atoms with E-state index in [0.29, 0.717) is 51.2 Å². The SMILES string of the molecule is C.C.NCN.Nc1ccc(N)cc1.O=Cc1ccc(C=NCN=Cc2ccc(C=O)cc2)cc1.O=Cc1ccc(C=Nc2ccc(N=Cc3ccc(C=O)cc3)cc2)cc1.O=Cc1ccc(C=O)cc1.O=Cc1ccc(C=O)cc1. The molecule has 0 aliphatic rings. The van der Waals surface area contributed by atoms with E-state index in [2.05, 4.69) is 31.4 Å². The van der Waals surface area contributed by atoms with Crippen LogP contribution in [-0.4, -0.2) is 88.5 Å². The number of aliphatic imine (C=N–C) groups is 4. The van der Waals surface area contributed by atoms with Crippen molar-refractivity contribution in [3.63, 3.8) is 0 Å². The largest absolute Gasteiger partial charge is 0.399 e. The van der Waals surface area contributed by atoms with Crippen LogP contribution < -0.4 is 22.9 Å². The molecule has 0 spiro atoms. The molecule has 8 N–H and O–H groups in total. The molecule has 8 aromatic carbocycles. The summed E-state index contributed by atoms with van der Waals surface area (Å²) >= 11 is 0. The van der Waals surface area contributed by atoms with Gasteiger partial charge in [0.2, 0.25) is 0 Å². The number of nitrogens with zero attached hydrogens (tertiary/aromatic N) is 4. The van der Waals surface area contributed by atoms with Gasteiger partial charge in [-0.15, -0.1) is 0 Å². The number of carbonyl (C=O) groups is 8. The van der Waals surface area contributed by atoms with Crippen LogP contribution in [0.15, 0.2) is 214 Å². The molecule has 16 heteroatoms. The predicted octanol–water partition coefficient (Wildman–Crippen LogP) is 11.2. The third-order valence-corrected chi connectivity index (χ3v) is 9.86. The summed E-state index contributed by atoms with van der Waals surface area (Å²) in [6.45, 7) is 0.574.